The molecule has 132 valence electrons. The lowest BCUT2D eigenvalue weighted by Crippen LogP contribution is -2.36. The number of nitrogens with zero attached hydrogens (tertiary/aromatic N) is 2. The number of hydrogen-bond acceptors (Lipinski definition) is 3. The molecule has 0 unspecified atom stereocenters. The maximum absolute atomic E-state index is 13.5. The molecule has 1 aliphatic heterocycles. The molecule has 0 saturated carbocycles. The Kier molecular flexibility index (Phi) is 4.76. The van der Waals surface area contributed by atoms with E-state index in [9.17, 15) is 14.0 Å². The third-order valence-electron chi connectivity index (χ3n) is 4.29. The summed E-state index contributed by atoms with van der Waals surface area (Å²) in [5, 5.41) is 10.4. The summed E-state index contributed by atoms with van der Waals surface area (Å²) in [6, 6.07) is 4.02. The summed E-state index contributed by atoms with van der Waals surface area (Å²) in [6.07, 6.45) is -0.00593. The van der Waals surface area contributed by atoms with Gasteiger partial charge in [-0.15, -0.1) is 0 Å². The van der Waals surface area contributed by atoms with E-state index in [1.165, 1.54) is 18.2 Å². The number of aromatic nitrogens is 2. The molecule has 6 nitrogen and oxygen atoms in total. The van der Waals surface area contributed by atoms with Crippen LogP contribution < -0.4 is 10.6 Å². The molecule has 1 atom stereocenters. The minimum Gasteiger partial charge on any atom is -0.354 e. The molecule has 0 bridgehead atoms. The zero-order valence-corrected chi connectivity index (χ0v) is 14.7. The van der Waals surface area contributed by atoms with E-state index < -0.39 is 11.7 Å². The fourth-order valence-electron chi connectivity index (χ4n) is 2.97. The molecule has 0 saturated heterocycles. The quantitative estimate of drug-likeness (QED) is 0.875. The lowest BCUT2D eigenvalue weighted by molar-refractivity contribution is -0.126. The minimum absolute atomic E-state index is 0.00593. The zero-order valence-electron chi connectivity index (χ0n) is 13.9. The average molecular weight is 365 g/mol. The maximum Gasteiger partial charge on any atom is 0.228 e. The Bertz CT molecular complexity index is 849. The van der Waals surface area contributed by atoms with Crippen molar-refractivity contribution in [1.29, 1.82) is 0 Å². The van der Waals surface area contributed by atoms with Gasteiger partial charge in [0.2, 0.25) is 11.8 Å². The Morgan fingerprint density at radius 3 is 2.92 bits per heavy atom. The normalized spacial score (nSPS) is 16.3. The zero-order chi connectivity index (χ0) is 18.1. The van der Waals surface area contributed by atoms with E-state index in [2.05, 4.69) is 15.7 Å². The standard InChI is InChI=1S/C17H18ClFN4O2/c1-9-16(18)10(2)23(22-9)6-5-20-17(25)13-8-15(24)21-14-4-3-11(19)7-12(13)14/h3-4,7,13H,5-6,8H2,1-2H3,(H,20,25)(H,21,24)/t13-/m1/s1. The van der Waals surface area contributed by atoms with Gasteiger partial charge < -0.3 is 10.6 Å². The van der Waals surface area contributed by atoms with Crippen LogP contribution in [0.4, 0.5) is 10.1 Å². The predicted octanol–water partition coefficient (Wildman–Crippen LogP) is 2.53. The Balaban J connectivity index is 1.68. The molecule has 25 heavy (non-hydrogen) atoms. The third kappa shape index (κ3) is 3.51. The van der Waals surface area contributed by atoms with Gasteiger partial charge in [0, 0.05) is 18.7 Å². The molecule has 1 aliphatic rings. The van der Waals surface area contributed by atoms with E-state index in [1.807, 2.05) is 13.8 Å². The van der Waals surface area contributed by atoms with E-state index >= 15 is 0 Å². The van der Waals surface area contributed by atoms with Crippen LogP contribution in [0, 0.1) is 19.7 Å². The summed E-state index contributed by atoms with van der Waals surface area (Å²) in [5.74, 6) is -1.72. The Morgan fingerprint density at radius 2 is 2.24 bits per heavy atom. The highest BCUT2D eigenvalue weighted by atomic mass is 35.5. The first-order chi connectivity index (χ1) is 11.9. The van der Waals surface area contributed by atoms with Gasteiger partial charge in [0.15, 0.2) is 0 Å². The monoisotopic (exact) mass is 364 g/mol. The topological polar surface area (TPSA) is 76.0 Å². The number of anilines is 1. The summed E-state index contributed by atoms with van der Waals surface area (Å²) >= 11 is 6.10. The number of rotatable bonds is 4. The van der Waals surface area contributed by atoms with Crippen molar-refractivity contribution in [1.82, 2.24) is 15.1 Å². The number of carbonyl (C=O) groups is 2. The van der Waals surface area contributed by atoms with Crippen molar-refractivity contribution >= 4 is 29.1 Å². The molecule has 2 aromatic rings. The lowest BCUT2D eigenvalue weighted by Gasteiger charge is -2.25. The fourth-order valence-corrected chi connectivity index (χ4v) is 3.10. The van der Waals surface area contributed by atoms with E-state index in [-0.39, 0.29) is 18.2 Å². The van der Waals surface area contributed by atoms with E-state index in [4.69, 9.17) is 11.6 Å². The smallest absolute Gasteiger partial charge is 0.228 e. The molecule has 8 heteroatoms. The third-order valence-corrected chi connectivity index (χ3v) is 4.83. The SMILES string of the molecule is Cc1nn(CCNC(=O)[C@@H]2CC(=O)Nc3ccc(F)cc32)c(C)c1Cl. The molecule has 2 heterocycles. The van der Waals surface area contributed by atoms with Gasteiger partial charge in [-0.2, -0.15) is 5.10 Å². The molecular weight excluding hydrogens is 347 g/mol. The van der Waals surface area contributed by atoms with Crippen LogP contribution in [0.5, 0.6) is 0 Å². The van der Waals surface area contributed by atoms with Crippen molar-refractivity contribution in [2.45, 2.75) is 32.7 Å². The molecule has 1 aromatic heterocycles. The van der Waals surface area contributed by atoms with Crippen molar-refractivity contribution in [2.75, 3.05) is 11.9 Å². The van der Waals surface area contributed by atoms with E-state index in [0.29, 0.717) is 29.4 Å². The first-order valence-electron chi connectivity index (χ1n) is 7.93. The number of hydrogen-bond donors (Lipinski definition) is 2. The largest absolute Gasteiger partial charge is 0.354 e. The van der Waals surface area contributed by atoms with Crippen LogP contribution in [0.25, 0.3) is 0 Å². The van der Waals surface area contributed by atoms with Crippen molar-refractivity contribution in [3.63, 3.8) is 0 Å². The molecule has 0 fully saturated rings. The van der Waals surface area contributed by atoms with Crippen LogP contribution >= 0.6 is 11.6 Å². The number of nitrogens with one attached hydrogen (secondary N) is 2. The van der Waals surface area contributed by atoms with Crippen molar-refractivity contribution < 1.29 is 14.0 Å². The molecule has 2 amide bonds. The van der Waals surface area contributed by atoms with Crippen LogP contribution in [0.3, 0.4) is 0 Å². The molecule has 0 spiro atoms. The van der Waals surface area contributed by atoms with Gasteiger partial charge in [-0.05, 0) is 37.6 Å². The van der Waals surface area contributed by atoms with Gasteiger partial charge in [-0.3, -0.25) is 14.3 Å². The van der Waals surface area contributed by atoms with Crippen LogP contribution in [-0.4, -0.2) is 28.1 Å². The second-order valence-corrected chi connectivity index (χ2v) is 6.41. The fraction of sp³-hybridized carbons (Fsp3) is 0.353. The van der Waals surface area contributed by atoms with Gasteiger partial charge in [0.05, 0.1) is 28.9 Å². The maximum atomic E-state index is 13.5. The van der Waals surface area contributed by atoms with Crippen LogP contribution in [-0.2, 0) is 16.1 Å². The second-order valence-electron chi connectivity index (χ2n) is 6.04. The molecule has 1 aromatic carbocycles. The number of amides is 2. The van der Waals surface area contributed by atoms with Crippen molar-refractivity contribution in [3.8, 4) is 0 Å². The highest BCUT2D eigenvalue weighted by Gasteiger charge is 2.30. The van der Waals surface area contributed by atoms with Gasteiger partial charge in [-0.1, -0.05) is 11.6 Å². The number of carbonyl (C=O) groups excluding carboxylic acids is 2. The van der Waals surface area contributed by atoms with E-state index in [0.717, 1.165) is 11.4 Å². The average Bonchev–Trinajstić information content (AvgIpc) is 2.81. The number of benzene rings is 1. The number of fused-ring (bicyclic) bond motifs is 1. The molecule has 0 aliphatic carbocycles. The molecular formula is C17H18ClFN4O2. The van der Waals surface area contributed by atoms with Crippen molar-refractivity contribution in [2.24, 2.45) is 0 Å². The number of aryl methyl sites for hydroxylation is 1. The van der Waals surface area contributed by atoms with Crippen molar-refractivity contribution in [3.05, 3.63) is 46.0 Å². The Hall–Kier alpha value is -2.41. The Labute approximate surface area is 149 Å². The van der Waals surface area contributed by atoms with E-state index in [1.54, 1.807) is 4.68 Å². The summed E-state index contributed by atoms with van der Waals surface area (Å²) in [5.41, 5.74) is 2.53. The Morgan fingerprint density at radius 1 is 1.48 bits per heavy atom. The first kappa shape index (κ1) is 17.4. The molecule has 3 rings (SSSR count). The van der Waals surface area contributed by atoms with Gasteiger partial charge in [0.1, 0.15) is 5.82 Å². The van der Waals surface area contributed by atoms with Gasteiger partial charge in [0.25, 0.3) is 0 Å². The second kappa shape index (κ2) is 6.84. The van der Waals surface area contributed by atoms with Gasteiger partial charge >= 0.3 is 0 Å². The highest BCUT2D eigenvalue weighted by Crippen LogP contribution is 2.32. The molecule has 2 N–H and O–H groups in total. The molecule has 0 radical (unpaired) electrons. The van der Waals surface area contributed by atoms with Crippen LogP contribution in [0.2, 0.25) is 5.02 Å². The minimum atomic E-state index is -0.705. The van der Waals surface area contributed by atoms with Crippen LogP contribution in [0.15, 0.2) is 18.2 Å². The number of halogens is 2. The predicted molar refractivity (Wildman–Crippen MR) is 92.1 cm³/mol. The highest BCUT2D eigenvalue weighted by molar-refractivity contribution is 6.31. The lowest BCUT2D eigenvalue weighted by atomic mass is 9.89. The van der Waals surface area contributed by atoms with Crippen LogP contribution in [0.1, 0.15) is 29.3 Å². The summed E-state index contributed by atoms with van der Waals surface area (Å²) in [4.78, 5) is 24.3. The summed E-state index contributed by atoms with van der Waals surface area (Å²) < 4.78 is 15.2. The summed E-state index contributed by atoms with van der Waals surface area (Å²) in [7, 11) is 0. The first-order valence-corrected chi connectivity index (χ1v) is 8.31. The van der Waals surface area contributed by atoms with Gasteiger partial charge in [-0.25, -0.2) is 4.39 Å². The summed E-state index contributed by atoms with van der Waals surface area (Å²) in [6.45, 7) is 4.46.